The molecule has 0 fully saturated rings. The van der Waals surface area contributed by atoms with Gasteiger partial charge in [-0.05, 0) is 24.3 Å². The van der Waals surface area contributed by atoms with E-state index in [0.717, 1.165) is 16.6 Å². The normalized spacial score (nSPS) is 10.2. The van der Waals surface area contributed by atoms with Gasteiger partial charge in [0.25, 0.3) is 5.24 Å². The average Bonchev–Trinajstić information content (AvgIpc) is 2.83. The summed E-state index contributed by atoms with van der Waals surface area (Å²) in [5.74, 6) is -0.575. The van der Waals surface area contributed by atoms with E-state index >= 15 is 0 Å². The molecule has 0 aliphatic heterocycles. The second-order valence-corrected chi connectivity index (χ2v) is 6.51. The van der Waals surface area contributed by atoms with Crippen LogP contribution < -0.4 is 5.32 Å². The van der Waals surface area contributed by atoms with Crippen molar-refractivity contribution in [3.63, 3.8) is 0 Å². The Balaban J connectivity index is 1.96. The van der Waals surface area contributed by atoms with E-state index in [1.165, 1.54) is 17.4 Å². The Morgan fingerprint density at radius 1 is 1.25 bits per heavy atom. The maximum absolute atomic E-state index is 11.8. The quantitative estimate of drug-likeness (QED) is 0.863. The van der Waals surface area contributed by atoms with Crippen LogP contribution in [-0.2, 0) is 5.75 Å². The van der Waals surface area contributed by atoms with Crippen LogP contribution in [0.15, 0.2) is 36.4 Å². The van der Waals surface area contributed by atoms with Gasteiger partial charge in [-0.15, -0.1) is 11.3 Å². The number of carbonyl (C=O) groups excluding carboxylic acids is 1. The lowest BCUT2D eigenvalue weighted by Gasteiger charge is -2.07. The van der Waals surface area contributed by atoms with Gasteiger partial charge in [0.05, 0.1) is 15.6 Å². The Labute approximate surface area is 128 Å². The molecule has 0 bridgehead atoms. The van der Waals surface area contributed by atoms with E-state index in [0.29, 0.717) is 15.8 Å². The van der Waals surface area contributed by atoms with Crippen molar-refractivity contribution < 1.29 is 14.7 Å². The molecule has 0 aliphatic rings. The molecule has 104 valence electrons. The molecule has 0 aliphatic carbocycles. The van der Waals surface area contributed by atoms with Crippen LogP contribution in [0.1, 0.15) is 15.2 Å². The number of amides is 1. The molecule has 0 saturated carbocycles. The number of para-hydroxylation sites is 1. The molecule has 7 heteroatoms. The third-order valence-electron chi connectivity index (χ3n) is 2.37. The number of nitrogens with one attached hydrogen (secondary N) is 1. The molecule has 0 saturated heterocycles. The Morgan fingerprint density at radius 2 is 2.00 bits per heavy atom. The summed E-state index contributed by atoms with van der Waals surface area (Å²) in [6.07, 6.45) is 0. The molecule has 4 nitrogen and oxygen atoms in total. The minimum Gasteiger partial charge on any atom is -0.478 e. The van der Waals surface area contributed by atoms with Crippen molar-refractivity contribution in [2.45, 2.75) is 5.75 Å². The summed E-state index contributed by atoms with van der Waals surface area (Å²) in [4.78, 5) is 23.8. The maximum atomic E-state index is 11.8. The lowest BCUT2D eigenvalue weighted by atomic mass is 10.2. The highest BCUT2D eigenvalue weighted by molar-refractivity contribution is 8.13. The molecule has 0 unspecified atom stereocenters. The van der Waals surface area contributed by atoms with Crippen molar-refractivity contribution in [2.75, 3.05) is 5.32 Å². The summed E-state index contributed by atoms with van der Waals surface area (Å²) in [7, 11) is 0. The second kappa shape index (κ2) is 6.78. The van der Waals surface area contributed by atoms with Crippen LogP contribution in [-0.4, -0.2) is 16.3 Å². The maximum Gasteiger partial charge on any atom is 0.337 e. The van der Waals surface area contributed by atoms with Crippen molar-refractivity contribution in [1.82, 2.24) is 0 Å². The number of anilines is 1. The van der Waals surface area contributed by atoms with E-state index in [2.05, 4.69) is 5.32 Å². The van der Waals surface area contributed by atoms with Crippen LogP contribution in [0.4, 0.5) is 10.5 Å². The smallest absolute Gasteiger partial charge is 0.337 e. The van der Waals surface area contributed by atoms with Gasteiger partial charge < -0.3 is 10.4 Å². The number of hydrogen-bond acceptors (Lipinski definition) is 4. The van der Waals surface area contributed by atoms with Gasteiger partial charge in [0, 0.05) is 10.6 Å². The number of benzene rings is 1. The highest BCUT2D eigenvalue weighted by atomic mass is 35.5. The van der Waals surface area contributed by atoms with Crippen LogP contribution in [0.3, 0.4) is 0 Å². The molecule has 1 aromatic heterocycles. The summed E-state index contributed by atoms with van der Waals surface area (Å²) in [5, 5.41) is 11.3. The number of aromatic carboxylic acids is 1. The Bertz CT molecular complexity index is 642. The third kappa shape index (κ3) is 4.00. The first-order valence-electron chi connectivity index (χ1n) is 5.56. The number of hydrogen-bond donors (Lipinski definition) is 2. The number of thiophene rings is 1. The zero-order chi connectivity index (χ0) is 14.5. The van der Waals surface area contributed by atoms with Gasteiger partial charge in [-0.25, -0.2) is 4.79 Å². The molecule has 1 heterocycles. The standard InChI is InChI=1S/C13H10ClNO3S2/c14-11-6-5-8(20-11)7-19-13(18)15-10-4-2-1-3-9(10)12(16)17/h1-6H,7H2,(H,15,18)(H,16,17). The number of thioether (sulfide) groups is 1. The van der Waals surface area contributed by atoms with Gasteiger partial charge in [-0.2, -0.15) is 0 Å². The van der Waals surface area contributed by atoms with E-state index in [-0.39, 0.29) is 10.8 Å². The minimum atomic E-state index is -1.07. The first kappa shape index (κ1) is 14.9. The van der Waals surface area contributed by atoms with E-state index < -0.39 is 5.97 Å². The molecular weight excluding hydrogens is 318 g/mol. The monoisotopic (exact) mass is 327 g/mol. The van der Waals surface area contributed by atoms with Crippen molar-refractivity contribution in [3.8, 4) is 0 Å². The van der Waals surface area contributed by atoms with Crippen molar-refractivity contribution in [3.05, 3.63) is 51.2 Å². The fraction of sp³-hybridized carbons (Fsp3) is 0.0769. The third-order valence-corrected chi connectivity index (χ3v) is 4.60. The van der Waals surface area contributed by atoms with E-state index in [1.807, 2.05) is 6.07 Å². The minimum absolute atomic E-state index is 0.0700. The predicted molar refractivity (Wildman–Crippen MR) is 83.0 cm³/mol. The molecular formula is C13H10ClNO3S2. The van der Waals surface area contributed by atoms with Gasteiger partial charge in [0.1, 0.15) is 0 Å². The highest BCUT2D eigenvalue weighted by Gasteiger charge is 2.12. The molecule has 2 N–H and O–H groups in total. The summed E-state index contributed by atoms with van der Waals surface area (Å²) >= 11 is 8.29. The van der Waals surface area contributed by atoms with Crippen LogP contribution in [0.2, 0.25) is 4.34 Å². The van der Waals surface area contributed by atoms with Crippen molar-refractivity contribution in [2.24, 2.45) is 0 Å². The van der Waals surface area contributed by atoms with Crippen LogP contribution in [0.25, 0.3) is 0 Å². The second-order valence-electron chi connectivity index (χ2n) is 3.76. The predicted octanol–water partition coefficient (Wildman–Crippen LogP) is 4.57. The Morgan fingerprint density at radius 3 is 2.65 bits per heavy atom. The Hall–Kier alpha value is -1.50. The molecule has 2 aromatic rings. The molecule has 0 radical (unpaired) electrons. The fourth-order valence-electron chi connectivity index (χ4n) is 1.49. The van der Waals surface area contributed by atoms with E-state index in [9.17, 15) is 9.59 Å². The van der Waals surface area contributed by atoms with Crippen LogP contribution >= 0.6 is 34.7 Å². The molecule has 0 spiro atoms. The topological polar surface area (TPSA) is 66.4 Å². The summed E-state index contributed by atoms with van der Waals surface area (Å²) < 4.78 is 0.678. The van der Waals surface area contributed by atoms with Crippen LogP contribution in [0, 0.1) is 0 Å². The highest BCUT2D eigenvalue weighted by Crippen LogP contribution is 2.26. The first-order chi connectivity index (χ1) is 9.56. The number of carboxylic acids is 1. The molecule has 1 aromatic carbocycles. The molecule has 1 amide bonds. The van der Waals surface area contributed by atoms with Gasteiger partial charge in [0.2, 0.25) is 0 Å². The van der Waals surface area contributed by atoms with Crippen LogP contribution in [0.5, 0.6) is 0 Å². The van der Waals surface area contributed by atoms with Gasteiger partial charge in [-0.1, -0.05) is 35.5 Å². The lowest BCUT2D eigenvalue weighted by Crippen LogP contribution is -2.09. The van der Waals surface area contributed by atoms with Crippen molar-refractivity contribution >= 4 is 51.6 Å². The van der Waals surface area contributed by atoms with Gasteiger partial charge in [0.15, 0.2) is 0 Å². The van der Waals surface area contributed by atoms with E-state index in [4.69, 9.17) is 16.7 Å². The SMILES string of the molecule is O=C(Nc1ccccc1C(=O)O)SCc1ccc(Cl)s1. The fourth-order valence-corrected chi connectivity index (χ4v) is 3.34. The van der Waals surface area contributed by atoms with E-state index in [1.54, 1.807) is 24.3 Å². The van der Waals surface area contributed by atoms with Crippen molar-refractivity contribution in [1.29, 1.82) is 0 Å². The zero-order valence-electron chi connectivity index (χ0n) is 10.1. The summed E-state index contributed by atoms with van der Waals surface area (Å²) in [5.41, 5.74) is 0.363. The largest absolute Gasteiger partial charge is 0.478 e. The van der Waals surface area contributed by atoms with Gasteiger partial charge >= 0.3 is 5.97 Å². The zero-order valence-corrected chi connectivity index (χ0v) is 12.5. The number of carboxylic acid groups (broad SMARTS) is 1. The summed E-state index contributed by atoms with van der Waals surface area (Å²) in [6.45, 7) is 0. The first-order valence-corrected chi connectivity index (χ1v) is 7.74. The number of carbonyl (C=O) groups is 2. The average molecular weight is 328 g/mol. The lowest BCUT2D eigenvalue weighted by molar-refractivity contribution is 0.0698. The Kier molecular flexibility index (Phi) is 5.05. The van der Waals surface area contributed by atoms with Gasteiger partial charge in [-0.3, -0.25) is 4.79 Å². The number of rotatable bonds is 4. The molecule has 2 rings (SSSR count). The number of halogens is 1. The molecule has 20 heavy (non-hydrogen) atoms. The summed E-state index contributed by atoms with van der Waals surface area (Å²) in [6, 6.07) is 9.93. The molecule has 0 atom stereocenters.